The number of hydrogen-bond acceptors (Lipinski definition) is 2. The van der Waals surface area contributed by atoms with E-state index in [1.54, 1.807) is 0 Å². The first kappa shape index (κ1) is 38.9. The molecule has 2 aliphatic carbocycles. The molecule has 0 saturated heterocycles. The Labute approximate surface area is 405 Å². The van der Waals surface area contributed by atoms with Crippen LogP contribution in [0.5, 0.6) is 0 Å². The summed E-state index contributed by atoms with van der Waals surface area (Å²) in [6.45, 7) is 0. The molecule has 0 radical (unpaired) electrons. The highest BCUT2D eigenvalue weighted by Gasteiger charge is 2.52. The molecule has 0 N–H and O–H groups in total. The smallest absolute Gasteiger partial charge is 0.137 e. The second-order valence-corrected chi connectivity index (χ2v) is 18.7. The van der Waals surface area contributed by atoms with Crippen molar-refractivity contribution in [2.75, 3.05) is 4.90 Å². The van der Waals surface area contributed by atoms with Gasteiger partial charge in [0.1, 0.15) is 11.2 Å². The van der Waals surface area contributed by atoms with Crippen LogP contribution in [0.1, 0.15) is 22.3 Å². The Bertz CT molecular complexity index is 4190. The molecule has 326 valence electrons. The average molecular weight is 891 g/mol. The Morgan fingerprint density at radius 2 is 0.886 bits per heavy atom. The number of aromatic nitrogens is 1. The monoisotopic (exact) mass is 890 g/mol. The van der Waals surface area contributed by atoms with Gasteiger partial charge in [-0.15, -0.1) is 0 Å². The Balaban J connectivity index is 0.967. The highest BCUT2D eigenvalue weighted by atomic mass is 16.3. The number of hydrogen-bond donors (Lipinski definition) is 0. The Morgan fingerprint density at radius 1 is 0.343 bits per heavy atom. The topological polar surface area (TPSA) is 21.3 Å². The zero-order valence-corrected chi connectivity index (χ0v) is 38.1. The van der Waals surface area contributed by atoms with Crippen molar-refractivity contribution in [3.63, 3.8) is 0 Å². The van der Waals surface area contributed by atoms with E-state index in [4.69, 9.17) is 4.42 Å². The number of anilines is 3. The average Bonchev–Trinajstić information content (AvgIpc) is 4.16. The van der Waals surface area contributed by atoms with Gasteiger partial charge < -0.3 is 13.9 Å². The molecule has 70 heavy (non-hydrogen) atoms. The van der Waals surface area contributed by atoms with Crippen LogP contribution in [0.15, 0.2) is 259 Å². The van der Waals surface area contributed by atoms with E-state index in [1.807, 2.05) is 0 Å². The number of furan rings is 1. The van der Waals surface area contributed by atoms with E-state index in [1.165, 1.54) is 77.4 Å². The first-order valence-corrected chi connectivity index (χ1v) is 24.2. The lowest BCUT2D eigenvalue weighted by Crippen LogP contribution is -2.26. The predicted molar refractivity (Wildman–Crippen MR) is 290 cm³/mol. The van der Waals surface area contributed by atoms with Gasteiger partial charge >= 0.3 is 0 Å². The largest absolute Gasteiger partial charge is 0.456 e. The summed E-state index contributed by atoms with van der Waals surface area (Å²) < 4.78 is 9.21. The molecule has 3 heteroatoms. The van der Waals surface area contributed by atoms with Crippen LogP contribution >= 0.6 is 0 Å². The fourth-order valence-electron chi connectivity index (χ4n) is 12.3. The van der Waals surface area contributed by atoms with Crippen LogP contribution in [-0.4, -0.2) is 4.57 Å². The minimum Gasteiger partial charge on any atom is -0.456 e. The second kappa shape index (κ2) is 14.9. The van der Waals surface area contributed by atoms with Crippen molar-refractivity contribution in [1.29, 1.82) is 0 Å². The molecule has 2 aliphatic rings. The van der Waals surface area contributed by atoms with Gasteiger partial charge in [-0.25, -0.2) is 0 Å². The van der Waals surface area contributed by atoms with Gasteiger partial charge in [0.2, 0.25) is 0 Å². The Kier molecular flexibility index (Phi) is 8.28. The quantitative estimate of drug-likeness (QED) is 0.166. The summed E-state index contributed by atoms with van der Waals surface area (Å²) in [5, 5.41) is 4.60. The van der Waals surface area contributed by atoms with Gasteiger partial charge in [-0.3, -0.25) is 0 Å². The third kappa shape index (κ3) is 5.40. The van der Waals surface area contributed by atoms with E-state index in [0.29, 0.717) is 0 Å². The highest BCUT2D eigenvalue weighted by molar-refractivity contribution is 6.16. The number of benzene rings is 11. The van der Waals surface area contributed by atoms with Crippen LogP contribution in [-0.2, 0) is 5.41 Å². The van der Waals surface area contributed by atoms with Crippen molar-refractivity contribution >= 4 is 60.8 Å². The van der Waals surface area contributed by atoms with E-state index < -0.39 is 5.41 Å². The molecule has 0 aliphatic heterocycles. The van der Waals surface area contributed by atoms with Gasteiger partial charge in [-0.05, 0) is 134 Å². The highest BCUT2D eigenvalue weighted by Crippen LogP contribution is 2.65. The van der Waals surface area contributed by atoms with Crippen molar-refractivity contribution in [3.05, 3.63) is 277 Å². The SMILES string of the molecule is c1ccc(-c2ccc(N(c3cccc4c3-c3ccccc3C43c4ccccc4-c4ccccc43)c3cccc4oc5ccc(-c6ccc7c(c6)c6ccccc6n7-c6ccccc6)cc5c34)cc2)cc1. The van der Waals surface area contributed by atoms with Crippen molar-refractivity contribution in [2.24, 2.45) is 0 Å². The number of nitrogens with zero attached hydrogens (tertiary/aromatic N) is 2. The van der Waals surface area contributed by atoms with E-state index in [0.717, 1.165) is 55.8 Å². The summed E-state index contributed by atoms with van der Waals surface area (Å²) in [5.41, 5.74) is 23.0. The summed E-state index contributed by atoms with van der Waals surface area (Å²) in [6.07, 6.45) is 0. The molecule has 13 aromatic rings. The summed E-state index contributed by atoms with van der Waals surface area (Å²) >= 11 is 0. The van der Waals surface area contributed by atoms with Crippen LogP contribution in [0.3, 0.4) is 0 Å². The maximum atomic E-state index is 6.84. The fraction of sp³-hybridized carbons (Fsp3) is 0.0149. The fourth-order valence-corrected chi connectivity index (χ4v) is 12.3. The minimum absolute atomic E-state index is 0.476. The maximum absolute atomic E-state index is 6.84. The van der Waals surface area contributed by atoms with Gasteiger partial charge in [0.15, 0.2) is 0 Å². The van der Waals surface area contributed by atoms with Gasteiger partial charge in [-0.1, -0.05) is 182 Å². The van der Waals surface area contributed by atoms with Crippen molar-refractivity contribution in [3.8, 4) is 50.2 Å². The van der Waals surface area contributed by atoms with Gasteiger partial charge in [0.25, 0.3) is 0 Å². The molecule has 11 aromatic carbocycles. The van der Waals surface area contributed by atoms with Crippen molar-refractivity contribution < 1.29 is 4.42 Å². The minimum atomic E-state index is -0.476. The van der Waals surface area contributed by atoms with Crippen LogP contribution < -0.4 is 4.90 Å². The molecular formula is C67H42N2O. The molecule has 0 fully saturated rings. The first-order valence-electron chi connectivity index (χ1n) is 24.2. The maximum Gasteiger partial charge on any atom is 0.137 e. The Morgan fingerprint density at radius 3 is 1.64 bits per heavy atom. The molecule has 15 rings (SSSR count). The number of para-hydroxylation sites is 2. The normalized spacial score (nSPS) is 13.0. The standard InChI is InChI=1S/C67H42N2O/c1-3-17-43(18-4-1)44-33-37-48(38-34-44)69(61-30-15-28-58-65(61)52-24-9-13-27-57(52)67(58)55-25-11-7-21-49(55)50-22-8-12-26-56(50)67)62-31-16-32-64-66(62)54-42-46(36-40-63(54)70-64)45-35-39-60-53(41-45)51-23-10-14-29-59(51)68(60)47-19-5-2-6-20-47/h1-42H. The van der Waals surface area contributed by atoms with E-state index in [-0.39, 0.29) is 0 Å². The number of rotatable bonds is 6. The summed E-state index contributed by atoms with van der Waals surface area (Å²) in [7, 11) is 0. The van der Waals surface area contributed by atoms with Crippen LogP contribution in [0, 0.1) is 0 Å². The van der Waals surface area contributed by atoms with E-state index in [2.05, 4.69) is 264 Å². The van der Waals surface area contributed by atoms with Crippen LogP contribution in [0.2, 0.25) is 0 Å². The van der Waals surface area contributed by atoms with Crippen LogP contribution in [0.4, 0.5) is 17.1 Å². The zero-order chi connectivity index (χ0) is 45.9. The van der Waals surface area contributed by atoms with Gasteiger partial charge in [0.05, 0.1) is 33.2 Å². The third-order valence-electron chi connectivity index (χ3n) is 15.2. The third-order valence-corrected chi connectivity index (χ3v) is 15.2. The second-order valence-electron chi connectivity index (χ2n) is 18.7. The molecule has 1 spiro atoms. The molecular weight excluding hydrogens is 849 g/mol. The number of fused-ring (bicyclic) bond motifs is 16. The summed E-state index contributed by atoms with van der Waals surface area (Å²) in [4.78, 5) is 2.49. The molecule has 2 aromatic heterocycles. The first-order chi connectivity index (χ1) is 34.7. The van der Waals surface area contributed by atoms with Crippen molar-refractivity contribution in [2.45, 2.75) is 5.41 Å². The molecule has 2 heterocycles. The predicted octanol–water partition coefficient (Wildman–Crippen LogP) is 17.8. The van der Waals surface area contributed by atoms with Gasteiger partial charge in [0, 0.05) is 33.1 Å². The van der Waals surface area contributed by atoms with E-state index in [9.17, 15) is 0 Å². The lowest BCUT2D eigenvalue weighted by Gasteiger charge is -2.32. The molecule has 0 amide bonds. The summed E-state index contributed by atoms with van der Waals surface area (Å²) in [6, 6.07) is 93.4. The molecule has 0 saturated carbocycles. The van der Waals surface area contributed by atoms with E-state index >= 15 is 0 Å². The molecule has 3 nitrogen and oxygen atoms in total. The summed E-state index contributed by atoms with van der Waals surface area (Å²) in [5.74, 6) is 0. The Hall–Kier alpha value is -9.18. The van der Waals surface area contributed by atoms with Gasteiger partial charge in [-0.2, -0.15) is 0 Å². The molecule has 0 bridgehead atoms. The molecule has 0 unspecified atom stereocenters. The van der Waals surface area contributed by atoms with Crippen molar-refractivity contribution in [1.82, 2.24) is 4.57 Å². The van der Waals surface area contributed by atoms with Crippen LogP contribution in [0.25, 0.3) is 93.9 Å². The lowest BCUT2D eigenvalue weighted by atomic mass is 9.70. The zero-order valence-electron chi connectivity index (χ0n) is 38.1. The lowest BCUT2D eigenvalue weighted by molar-refractivity contribution is 0.669. The molecule has 0 atom stereocenters.